The van der Waals surface area contributed by atoms with Gasteiger partial charge in [0.25, 0.3) is 0 Å². The Hall–Kier alpha value is -0.820. The fraction of sp³-hybridized carbons (Fsp3) is 0.611. The lowest BCUT2D eigenvalue weighted by atomic mass is 10.1. The van der Waals surface area contributed by atoms with Gasteiger partial charge in [0.15, 0.2) is 5.96 Å². The van der Waals surface area contributed by atoms with Gasteiger partial charge in [0.1, 0.15) is 0 Å². The minimum atomic E-state index is 0. The lowest BCUT2D eigenvalue weighted by Gasteiger charge is -2.14. The molecule has 1 saturated carbocycles. The van der Waals surface area contributed by atoms with Crippen LogP contribution < -0.4 is 10.6 Å². The second-order valence-electron chi connectivity index (χ2n) is 5.91. The van der Waals surface area contributed by atoms with Gasteiger partial charge in [0, 0.05) is 26.7 Å². The Labute approximate surface area is 157 Å². The number of rotatable bonds is 7. The molecule has 130 valence electrons. The average molecular weight is 431 g/mol. The van der Waals surface area contributed by atoms with Crippen LogP contribution in [0.1, 0.15) is 43.2 Å². The highest BCUT2D eigenvalue weighted by Gasteiger charge is 2.14. The van der Waals surface area contributed by atoms with Crippen molar-refractivity contribution in [3.8, 4) is 0 Å². The number of benzene rings is 1. The number of ether oxygens (including phenoxy) is 1. The Morgan fingerprint density at radius 2 is 1.96 bits per heavy atom. The van der Waals surface area contributed by atoms with Crippen molar-refractivity contribution < 1.29 is 4.74 Å². The minimum absolute atomic E-state index is 0. The predicted octanol–water partition coefficient (Wildman–Crippen LogP) is 3.63. The summed E-state index contributed by atoms with van der Waals surface area (Å²) >= 11 is 0. The fourth-order valence-electron chi connectivity index (χ4n) is 2.79. The Morgan fingerprint density at radius 3 is 2.65 bits per heavy atom. The van der Waals surface area contributed by atoms with Crippen LogP contribution in [0.4, 0.5) is 0 Å². The van der Waals surface area contributed by atoms with Crippen LogP contribution in [-0.4, -0.2) is 32.3 Å². The van der Waals surface area contributed by atoms with E-state index in [1.165, 1.54) is 36.8 Å². The van der Waals surface area contributed by atoms with Crippen LogP contribution >= 0.6 is 24.0 Å². The summed E-state index contributed by atoms with van der Waals surface area (Å²) in [7, 11) is 1.81. The molecule has 0 unspecified atom stereocenters. The van der Waals surface area contributed by atoms with Crippen molar-refractivity contribution in [2.45, 2.75) is 51.7 Å². The number of hydrogen-bond acceptors (Lipinski definition) is 2. The second kappa shape index (κ2) is 11.7. The van der Waals surface area contributed by atoms with Gasteiger partial charge in [0.2, 0.25) is 0 Å². The van der Waals surface area contributed by atoms with Gasteiger partial charge in [-0.3, -0.25) is 4.99 Å². The summed E-state index contributed by atoms with van der Waals surface area (Å²) in [5.41, 5.74) is 2.60. The monoisotopic (exact) mass is 431 g/mol. The number of nitrogens with one attached hydrogen (secondary N) is 2. The van der Waals surface area contributed by atoms with Crippen LogP contribution in [-0.2, 0) is 11.3 Å². The van der Waals surface area contributed by atoms with Crippen molar-refractivity contribution in [3.05, 3.63) is 35.4 Å². The molecule has 0 bridgehead atoms. The quantitative estimate of drug-likeness (QED) is 0.300. The third-order valence-electron chi connectivity index (χ3n) is 4.20. The van der Waals surface area contributed by atoms with Gasteiger partial charge >= 0.3 is 0 Å². The second-order valence-corrected chi connectivity index (χ2v) is 5.91. The Kier molecular flexibility index (Phi) is 10.3. The summed E-state index contributed by atoms with van der Waals surface area (Å²) in [6.07, 6.45) is 6.68. The highest BCUT2D eigenvalue weighted by molar-refractivity contribution is 14.0. The molecule has 2 rings (SSSR count). The Bertz CT molecular complexity index is 473. The van der Waals surface area contributed by atoms with Crippen molar-refractivity contribution in [3.63, 3.8) is 0 Å². The zero-order valence-corrected chi connectivity index (χ0v) is 16.6. The first-order valence-corrected chi connectivity index (χ1v) is 8.40. The van der Waals surface area contributed by atoms with E-state index in [0.717, 1.165) is 32.1 Å². The van der Waals surface area contributed by atoms with Crippen molar-refractivity contribution in [2.75, 3.05) is 20.2 Å². The van der Waals surface area contributed by atoms with E-state index >= 15 is 0 Å². The van der Waals surface area contributed by atoms with E-state index in [2.05, 4.69) is 46.8 Å². The third kappa shape index (κ3) is 7.52. The van der Waals surface area contributed by atoms with Crippen molar-refractivity contribution in [1.82, 2.24) is 10.6 Å². The molecule has 1 fully saturated rings. The maximum Gasteiger partial charge on any atom is 0.191 e. The maximum atomic E-state index is 5.86. The van der Waals surface area contributed by atoms with Crippen LogP contribution in [0.25, 0.3) is 0 Å². The molecule has 0 atom stereocenters. The molecule has 0 spiro atoms. The van der Waals surface area contributed by atoms with Gasteiger partial charge < -0.3 is 15.4 Å². The number of guanidine groups is 1. The van der Waals surface area contributed by atoms with Crippen LogP contribution in [0, 0.1) is 6.92 Å². The summed E-state index contributed by atoms with van der Waals surface area (Å²) in [4.78, 5) is 4.26. The van der Waals surface area contributed by atoms with E-state index < -0.39 is 0 Å². The molecule has 0 radical (unpaired) electrons. The van der Waals surface area contributed by atoms with Crippen LogP contribution in [0.15, 0.2) is 29.3 Å². The number of aryl methyl sites for hydroxylation is 1. The molecule has 1 aromatic rings. The van der Waals surface area contributed by atoms with Crippen molar-refractivity contribution in [2.24, 2.45) is 4.99 Å². The lowest BCUT2D eigenvalue weighted by molar-refractivity contribution is 0.0574. The molecule has 0 heterocycles. The summed E-state index contributed by atoms with van der Waals surface area (Å²) in [5.74, 6) is 0.851. The van der Waals surface area contributed by atoms with E-state index in [9.17, 15) is 0 Å². The number of nitrogens with zero attached hydrogens (tertiary/aromatic N) is 1. The zero-order chi connectivity index (χ0) is 15.6. The minimum Gasteiger partial charge on any atom is -0.378 e. The SMILES string of the molecule is CN=C(NCCCOC1CCCC1)NCc1ccccc1C.I. The molecule has 1 aliphatic rings. The molecule has 0 saturated heterocycles. The molecule has 23 heavy (non-hydrogen) atoms. The lowest BCUT2D eigenvalue weighted by Crippen LogP contribution is -2.37. The third-order valence-corrected chi connectivity index (χ3v) is 4.20. The van der Waals surface area contributed by atoms with Gasteiger partial charge in [-0.25, -0.2) is 0 Å². The van der Waals surface area contributed by atoms with Gasteiger partial charge in [-0.05, 0) is 37.3 Å². The van der Waals surface area contributed by atoms with Gasteiger partial charge in [-0.15, -0.1) is 24.0 Å². The summed E-state index contributed by atoms with van der Waals surface area (Å²) in [5, 5.41) is 6.70. The van der Waals surface area contributed by atoms with E-state index in [1.807, 2.05) is 7.05 Å². The maximum absolute atomic E-state index is 5.86. The van der Waals surface area contributed by atoms with Gasteiger partial charge in [0.05, 0.1) is 6.10 Å². The van der Waals surface area contributed by atoms with Gasteiger partial charge in [-0.2, -0.15) is 0 Å². The molecular weight excluding hydrogens is 401 g/mol. The molecule has 2 N–H and O–H groups in total. The molecule has 0 aromatic heterocycles. The van der Waals surface area contributed by atoms with E-state index in [-0.39, 0.29) is 24.0 Å². The fourth-order valence-corrected chi connectivity index (χ4v) is 2.79. The number of halogens is 1. The molecule has 0 aliphatic heterocycles. The van der Waals surface area contributed by atoms with Crippen molar-refractivity contribution >= 4 is 29.9 Å². The molecule has 1 aromatic carbocycles. The predicted molar refractivity (Wildman–Crippen MR) is 108 cm³/mol. The average Bonchev–Trinajstić information content (AvgIpc) is 3.05. The highest BCUT2D eigenvalue weighted by Crippen LogP contribution is 2.20. The molecule has 1 aliphatic carbocycles. The first-order chi connectivity index (χ1) is 10.8. The van der Waals surface area contributed by atoms with Crippen LogP contribution in [0.5, 0.6) is 0 Å². The molecule has 0 amide bonds. The van der Waals surface area contributed by atoms with E-state index in [4.69, 9.17) is 4.74 Å². The first-order valence-electron chi connectivity index (χ1n) is 8.40. The highest BCUT2D eigenvalue weighted by atomic mass is 127. The van der Waals surface area contributed by atoms with Crippen LogP contribution in [0.2, 0.25) is 0 Å². The summed E-state index contributed by atoms with van der Waals surface area (Å²) < 4.78 is 5.86. The topological polar surface area (TPSA) is 45.7 Å². The van der Waals surface area contributed by atoms with Crippen molar-refractivity contribution in [1.29, 1.82) is 0 Å². The molecule has 4 nitrogen and oxygen atoms in total. The van der Waals surface area contributed by atoms with Crippen LogP contribution in [0.3, 0.4) is 0 Å². The number of hydrogen-bond donors (Lipinski definition) is 2. The largest absolute Gasteiger partial charge is 0.378 e. The standard InChI is InChI=1S/C18H29N3O.HI/c1-15-8-3-4-9-16(15)14-21-18(19-2)20-12-7-13-22-17-10-5-6-11-17;/h3-4,8-9,17H,5-7,10-14H2,1-2H3,(H2,19,20,21);1H. The van der Waals surface area contributed by atoms with Gasteiger partial charge in [-0.1, -0.05) is 37.1 Å². The zero-order valence-electron chi connectivity index (χ0n) is 14.3. The Morgan fingerprint density at radius 1 is 1.22 bits per heavy atom. The Balaban J connectivity index is 0.00000264. The summed E-state index contributed by atoms with van der Waals surface area (Å²) in [6, 6.07) is 8.41. The normalized spacial score (nSPS) is 15.3. The van der Waals surface area contributed by atoms with E-state index in [1.54, 1.807) is 0 Å². The molecule has 5 heteroatoms. The molecular formula is C18H30IN3O. The first kappa shape index (κ1) is 20.2. The smallest absolute Gasteiger partial charge is 0.191 e. The van der Waals surface area contributed by atoms with E-state index in [0.29, 0.717) is 6.10 Å². The number of aliphatic imine (C=N–C) groups is 1. The summed E-state index contributed by atoms with van der Waals surface area (Å²) in [6.45, 7) is 4.66.